The van der Waals surface area contributed by atoms with Crippen LogP contribution in [0.15, 0.2) is 0 Å². The molecule has 0 aromatic rings. The Morgan fingerprint density at radius 3 is 2.74 bits per heavy atom. The zero-order valence-electron chi connectivity index (χ0n) is 12.3. The molecule has 5 atom stereocenters. The second-order valence-electron chi connectivity index (χ2n) is 6.74. The third kappa shape index (κ3) is 2.08. The smallest absolute Gasteiger partial charge is 0.241 e. The van der Waals surface area contributed by atoms with Crippen LogP contribution in [-0.2, 0) is 9.53 Å². The number of rotatable bonds is 4. The van der Waals surface area contributed by atoms with Crippen LogP contribution in [-0.4, -0.2) is 41.4 Å². The Morgan fingerprint density at radius 1 is 1.53 bits per heavy atom. The van der Waals surface area contributed by atoms with E-state index in [2.05, 4.69) is 5.32 Å². The molecule has 4 N–H and O–H groups in total. The molecule has 5 nitrogen and oxygen atoms in total. The van der Waals surface area contributed by atoms with Crippen LogP contribution in [0, 0.1) is 11.3 Å². The zero-order chi connectivity index (χ0) is 14.4. The molecule has 5 unspecified atom stereocenters. The summed E-state index contributed by atoms with van der Waals surface area (Å²) >= 11 is 0. The molecule has 2 aliphatic rings. The van der Waals surface area contributed by atoms with Crippen molar-refractivity contribution in [3.63, 3.8) is 0 Å². The SMILES string of the molecule is CC(O)CC(C)NC(=O)C1(N)C2CCOC2C1(C)C. The molecule has 1 saturated carbocycles. The molecule has 0 bridgehead atoms. The molecular weight excluding hydrogens is 244 g/mol. The number of carbonyl (C=O) groups excluding carboxylic acids is 1. The average molecular weight is 270 g/mol. The molecule has 1 aliphatic carbocycles. The standard InChI is InChI=1S/C14H26N2O3/c1-8(7-9(2)17)16-12(18)14(15)10-5-6-19-11(10)13(14,3)4/h8-11,17H,5-7,15H2,1-4H3,(H,16,18). The van der Waals surface area contributed by atoms with Crippen molar-refractivity contribution in [2.24, 2.45) is 17.1 Å². The van der Waals surface area contributed by atoms with Crippen LogP contribution in [0.1, 0.15) is 40.5 Å². The molecule has 2 fully saturated rings. The van der Waals surface area contributed by atoms with Gasteiger partial charge in [-0.1, -0.05) is 13.8 Å². The van der Waals surface area contributed by atoms with E-state index in [9.17, 15) is 9.90 Å². The number of fused-ring (bicyclic) bond motifs is 1. The second-order valence-corrected chi connectivity index (χ2v) is 6.74. The highest BCUT2D eigenvalue weighted by molar-refractivity contribution is 5.89. The third-order valence-electron chi connectivity index (χ3n) is 4.90. The van der Waals surface area contributed by atoms with Gasteiger partial charge in [0.2, 0.25) is 5.91 Å². The highest BCUT2D eigenvalue weighted by atomic mass is 16.5. The lowest BCUT2D eigenvalue weighted by atomic mass is 9.48. The van der Waals surface area contributed by atoms with Crippen LogP contribution >= 0.6 is 0 Å². The summed E-state index contributed by atoms with van der Waals surface area (Å²) in [7, 11) is 0. The van der Waals surface area contributed by atoms with Crippen molar-refractivity contribution in [2.75, 3.05) is 6.61 Å². The van der Waals surface area contributed by atoms with Crippen LogP contribution in [0.3, 0.4) is 0 Å². The molecule has 5 heteroatoms. The molecule has 1 saturated heterocycles. The van der Waals surface area contributed by atoms with E-state index in [1.807, 2.05) is 20.8 Å². The largest absolute Gasteiger partial charge is 0.393 e. The lowest BCUT2D eigenvalue weighted by Crippen LogP contribution is -2.80. The lowest BCUT2D eigenvalue weighted by molar-refractivity contribution is -0.176. The van der Waals surface area contributed by atoms with Crippen molar-refractivity contribution in [1.82, 2.24) is 5.32 Å². The summed E-state index contributed by atoms with van der Waals surface area (Å²) in [6.45, 7) is 8.29. The molecule has 1 heterocycles. The first-order valence-electron chi connectivity index (χ1n) is 7.10. The van der Waals surface area contributed by atoms with Gasteiger partial charge in [0.15, 0.2) is 0 Å². The first kappa shape index (κ1) is 14.8. The van der Waals surface area contributed by atoms with Gasteiger partial charge in [0.1, 0.15) is 5.54 Å². The molecular formula is C14H26N2O3. The number of amides is 1. The van der Waals surface area contributed by atoms with Gasteiger partial charge in [-0.25, -0.2) is 0 Å². The first-order valence-corrected chi connectivity index (χ1v) is 7.10. The maximum Gasteiger partial charge on any atom is 0.241 e. The summed E-state index contributed by atoms with van der Waals surface area (Å²) in [5.41, 5.74) is 5.23. The van der Waals surface area contributed by atoms with E-state index in [1.165, 1.54) is 0 Å². The summed E-state index contributed by atoms with van der Waals surface area (Å²) in [5.74, 6) is -0.00125. The molecule has 0 radical (unpaired) electrons. The van der Waals surface area contributed by atoms with Gasteiger partial charge in [-0.3, -0.25) is 4.79 Å². The monoisotopic (exact) mass is 270 g/mol. The average Bonchev–Trinajstić information content (AvgIpc) is 2.73. The number of hydrogen-bond acceptors (Lipinski definition) is 4. The normalized spacial score (nSPS) is 39.1. The van der Waals surface area contributed by atoms with Crippen LogP contribution in [0.2, 0.25) is 0 Å². The minimum absolute atomic E-state index is 0.0786. The number of nitrogens with one attached hydrogen (secondary N) is 1. The van der Waals surface area contributed by atoms with Crippen LogP contribution in [0.4, 0.5) is 0 Å². The minimum Gasteiger partial charge on any atom is -0.393 e. The summed E-state index contributed by atoms with van der Waals surface area (Å²) < 4.78 is 5.68. The van der Waals surface area contributed by atoms with E-state index >= 15 is 0 Å². The molecule has 110 valence electrons. The van der Waals surface area contributed by atoms with E-state index in [0.717, 1.165) is 6.42 Å². The van der Waals surface area contributed by atoms with E-state index in [0.29, 0.717) is 13.0 Å². The van der Waals surface area contributed by atoms with Gasteiger partial charge >= 0.3 is 0 Å². The van der Waals surface area contributed by atoms with E-state index < -0.39 is 11.6 Å². The topological polar surface area (TPSA) is 84.6 Å². The van der Waals surface area contributed by atoms with Crippen molar-refractivity contribution < 1.29 is 14.6 Å². The van der Waals surface area contributed by atoms with Crippen molar-refractivity contribution in [1.29, 1.82) is 0 Å². The quantitative estimate of drug-likeness (QED) is 0.690. The molecule has 19 heavy (non-hydrogen) atoms. The summed E-state index contributed by atoms with van der Waals surface area (Å²) in [4.78, 5) is 12.5. The number of nitrogens with two attached hydrogens (primary N) is 1. The predicted molar refractivity (Wildman–Crippen MR) is 72.4 cm³/mol. The Kier molecular flexibility index (Phi) is 3.66. The maximum atomic E-state index is 12.5. The lowest BCUT2D eigenvalue weighted by Gasteiger charge is -2.60. The summed E-state index contributed by atoms with van der Waals surface area (Å²) in [5, 5.41) is 12.3. The first-order chi connectivity index (χ1) is 8.71. The summed E-state index contributed by atoms with van der Waals surface area (Å²) in [6, 6.07) is -0.0786. The van der Waals surface area contributed by atoms with Crippen LogP contribution in [0.25, 0.3) is 0 Å². The number of carbonyl (C=O) groups is 1. The Labute approximate surface area is 114 Å². The molecule has 1 amide bonds. The predicted octanol–water partition coefficient (Wildman–Crippen LogP) is 0.404. The minimum atomic E-state index is -0.860. The fraction of sp³-hybridized carbons (Fsp3) is 0.929. The van der Waals surface area contributed by atoms with E-state index in [-0.39, 0.29) is 29.4 Å². The highest BCUT2D eigenvalue weighted by Gasteiger charge is 2.71. The Morgan fingerprint density at radius 2 is 2.16 bits per heavy atom. The zero-order valence-corrected chi connectivity index (χ0v) is 12.3. The van der Waals surface area contributed by atoms with E-state index in [4.69, 9.17) is 10.5 Å². The fourth-order valence-electron chi connectivity index (χ4n) is 3.76. The number of aliphatic hydroxyl groups excluding tert-OH is 1. The van der Waals surface area contributed by atoms with Gasteiger partial charge in [0.05, 0.1) is 12.2 Å². The molecule has 1 aliphatic heterocycles. The molecule has 0 aromatic heterocycles. The maximum absolute atomic E-state index is 12.5. The van der Waals surface area contributed by atoms with Gasteiger partial charge < -0.3 is 20.9 Å². The van der Waals surface area contributed by atoms with Crippen molar-refractivity contribution in [3.05, 3.63) is 0 Å². The van der Waals surface area contributed by atoms with Gasteiger partial charge in [-0.05, 0) is 26.7 Å². The molecule has 0 aromatic carbocycles. The van der Waals surface area contributed by atoms with Crippen molar-refractivity contribution >= 4 is 5.91 Å². The fourth-order valence-corrected chi connectivity index (χ4v) is 3.76. The Hall–Kier alpha value is -0.650. The third-order valence-corrected chi connectivity index (χ3v) is 4.90. The molecule has 0 spiro atoms. The Bertz CT molecular complexity index is 370. The number of hydrogen-bond donors (Lipinski definition) is 3. The Balaban J connectivity index is 2.06. The second kappa shape index (κ2) is 4.72. The van der Waals surface area contributed by atoms with Gasteiger partial charge in [0, 0.05) is 24.0 Å². The van der Waals surface area contributed by atoms with Crippen LogP contribution in [0.5, 0.6) is 0 Å². The highest BCUT2D eigenvalue weighted by Crippen LogP contribution is 2.58. The van der Waals surface area contributed by atoms with Crippen molar-refractivity contribution in [2.45, 2.75) is 64.3 Å². The van der Waals surface area contributed by atoms with Gasteiger partial charge in [0.25, 0.3) is 0 Å². The summed E-state index contributed by atoms with van der Waals surface area (Å²) in [6.07, 6.45) is 1.05. The van der Waals surface area contributed by atoms with Gasteiger partial charge in [-0.2, -0.15) is 0 Å². The number of ether oxygens (including phenoxy) is 1. The van der Waals surface area contributed by atoms with Crippen molar-refractivity contribution in [3.8, 4) is 0 Å². The van der Waals surface area contributed by atoms with Crippen LogP contribution < -0.4 is 11.1 Å². The number of aliphatic hydroxyl groups is 1. The molecule has 2 rings (SSSR count). The van der Waals surface area contributed by atoms with E-state index in [1.54, 1.807) is 6.92 Å². The van der Waals surface area contributed by atoms with Gasteiger partial charge in [-0.15, -0.1) is 0 Å².